The summed E-state index contributed by atoms with van der Waals surface area (Å²) in [7, 11) is 0. The van der Waals surface area contributed by atoms with Gasteiger partial charge < -0.3 is 0 Å². The van der Waals surface area contributed by atoms with E-state index in [0.717, 1.165) is 24.8 Å². The van der Waals surface area contributed by atoms with E-state index in [0.29, 0.717) is 0 Å². The molecule has 1 nitrogen and oxygen atoms in total. The topological polar surface area (TPSA) is 17.1 Å². The fourth-order valence-electron chi connectivity index (χ4n) is 0.779. The van der Waals surface area contributed by atoms with Crippen molar-refractivity contribution in [3.05, 3.63) is 12.2 Å². The Kier molecular flexibility index (Phi) is 24.5. The summed E-state index contributed by atoms with van der Waals surface area (Å²) in [6.45, 7) is 15.6. The smallest absolute Gasteiger partial charge is 0.158 e. The zero-order valence-electron chi connectivity index (χ0n) is 10.2. The summed E-state index contributed by atoms with van der Waals surface area (Å²) in [6, 6.07) is 0. The average molecular weight is 186 g/mol. The van der Waals surface area contributed by atoms with Crippen molar-refractivity contribution in [2.24, 2.45) is 0 Å². The normalized spacial score (nSPS) is 12.8. The molecule has 0 saturated heterocycles. The Morgan fingerprint density at radius 1 is 0.923 bits per heavy atom. The number of allylic oxidation sites excluding steroid dienone is 1. The predicted octanol–water partition coefficient (Wildman–Crippen LogP) is 4.37. The van der Waals surface area contributed by atoms with Crippen LogP contribution in [0.25, 0.3) is 0 Å². The van der Waals surface area contributed by atoms with Crippen LogP contribution in [0.2, 0.25) is 0 Å². The Morgan fingerprint density at radius 2 is 1.31 bits per heavy atom. The molecule has 0 spiro atoms. The quantitative estimate of drug-likeness (QED) is 0.513. The number of hydrogen-bond acceptors (Lipinski definition) is 1. The molecule has 0 aromatic carbocycles. The van der Waals surface area contributed by atoms with E-state index in [2.05, 4.69) is 6.58 Å². The highest BCUT2D eigenvalue weighted by Gasteiger charge is 2.13. The van der Waals surface area contributed by atoms with Crippen molar-refractivity contribution in [2.45, 2.75) is 60.8 Å². The van der Waals surface area contributed by atoms with Crippen LogP contribution in [0, 0.1) is 0 Å². The average Bonchev–Trinajstić information content (AvgIpc) is 2.61. The molecule has 0 atom stereocenters. The molecule has 1 rings (SSSR count). The lowest BCUT2D eigenvalue weighted by atomic mass is 10.2. The molecule has 1 aliphatic rings. The van der Waals surface area contributed by atoms with E-state index >= 15 is 0 Å². The van der Waals surface area contributed by atoms with Crippen LogP contribution in [-0.4, -0.2) is 5.78 Å². The van der Waals surface area contributed by atoms with Crippen molar-refractivity contribution in [3.8, 4) is 0 Å². The number of rotatable bonds is 0. The highest BCUT2D eigenvalue weighted by atomic mass is 16.1. The number of carbonyl (C=O) groups excluding carboxylic acids is 1. The Bertz CT molecular complexity index is 100. The lowest BCUT2D eigenvalue weighted by molar-refractivity contribution is -0.114. The van der Waals surface area contributed by atoms with Crippen LogP contribution in [0.15, 0.2) is 12.2 Å². The summed E-state index contributed by atoms with van der Waals surface area (Å²) >= 11 is 0. The van der Waals surface area contributed by atoms with Gasteiger partial charge in [0.1, 0.15) is 0 Å². The molecular formula is C12H26O. The summed E-state index contributed by atoms with van der Waals surface area (Å²) in [5.41, 5.74) is 0.819. The molecular weight excluding hydrogens is 160 g/mol. The Morgan fingerprint density at radius 3 is 1.38 bits per heavy atom. The van der Waals surface area contributed by atoms with E-state index in [1.165, 1.54) is 0 Å². The molecule has 0 aromatic heterocycles. The maximum atomic E-state index is 10.5. The lowest BCUT2D eigenvalue weighted by Gasteiger charge is -1.80. The van der Waals surface area contributed by atoms with E-state index in [9.17, 15) is 4.79 Å². The van der Waals surface area contributed by atoms with Crippen LogP contribution in [0.4, 0.5) is 0 Å². The highest BCUT2D eigenvalue weighted by Crippen LogP contribution is 2.17. The molecule has 1 aliphatic carbocycles. The molecule has 0 radical (unpaired) electrons. The molecule has 0 N–H and O–H groups in total. The minimum atomic E-state index is 0.264. The summed E-state index contributed by atoms with van der Waals surface area (Å²) in [5, 5.41) is 0. The monoisotopic (exact) mass is 186 g/mol. The third-order valence-electron chi connectivity index (χ3n) is 1.28. The fraction of sp³-hybridized carbons (Fsp3) is 0.750. The second kappa shape index (κ2) is 17.5. The first-order valence-electron chi connectivity index (χ1n) is 5.51. The van der Waals surface area contributed by atoms with Crippen LogP contribution < -0.4 is 0 Å². The van der Waals surface area contributed by atoms with Crippen molar-refractivity contribution < 1.29 is 4.79 Å². The van der Waals surface area contributed by atoms with Gasteiger partial charge in [0.2, 0.25) is 0 Å². The number of ketones is 1. The Labute approximate surface area is 84.2 Å². The van der Waals surface area contributed by atoms with Crippen LogP contribution >= 0.6 is 0 Å². The van der Waals surface area contributed by atoms with Gasteiger partial charge in [0.05, 0.1) is 0 Å². The third-order valence-corrected chi connectivity index (χ3v) is 1.28. The number of Topliss-reactive ketones (excluding diaryl/α,β-unsaturated/α-hetero) is 1. The SMILES string of the molecule is C=C1CCCC1=O.CC.CC.CC. The van der Waals surface area contributed by atoms with E-state index in [-0.39, 0.29) is 5.78 Å². The lowest BCUT2D eigenvalue weighted by Crippen LogP contribution is -1.86. The fourth-order valence-corrected chi connectivity index (χ4v) is 0.779. The van der Waals surface area contributed by atoms with E-state index in [1.807, 2.05) is 41.5 Å². The molecule has 0 heterocycles. The number of hydrogen-bond donors (Lipinski definition) is 0. The van der Waals surface area contributed by atoms with Crippen LogP contribution in [0.5, 0.6) is 0 Å². The minimum Gasteiger partial charge on any atom is -0.295 e. The second-order valence-corrected chi connectivity index (χ2v) is 1.88. The largest absolute Gasteiger partial charge is 0.295 e. The van der Waals surface area contributed by atoms with Gasteiger partial charge in [0, 0.05) is 6.42 Å². The Balaban J connectivity index is -0.000000144. The third kappa shape index (κ3) is 11.4. The van der Waals surface area contributed by atoms with Gasteiger partial charge >= 0.3 is 0 Å². The van der Waals surface area contributed by atoms with E-state index in [1.54, 1.807) is 0 Å². The van der Waals surface area contributed by atoms with Gasteiger partial charge in [0.25, 0.3) is 0 Å². The van der Waals surface area contributed by atoms with Gasteiger partial charge in [-0.05, 0) is 18.4 Å². The molecule has 0 aromatic rings. The van der Waals surface area contributed by atoms with Crippen molar-refractivity contribution in [1.82, 2.24) is 0 Å². The summed E-state index contributed by atoms with van der Waals surface area (Å²) in [4.78, 5) is 10.5. The second-order valence-electron chi connectivity index (χ2n) is 1.88. The van der Waals surface area contributed by atoms with Gasteiger partial charge in [-0.3, -0.25) is 4.79 Å². The van der Waals surface area contributed by atoms with Crippen molar-refractivity contribution in [2.75, 3.05) is 0 Å². The van der Waals surface area contributed by atoms with Crippen LogP contribution in [0.3, 0.4) is 0 Å². The van der Waals surface area contributed by atoms with Crippen molar-refractivity contribution in [1.29, 1.82) is 0 Å². The molecule has 0 amide bonds. The summed E-state index contributed by atoms with van der Waals surface area (Å²) in [5.74, 6) is 0.264. The molecule has 80 valence electrons. The van der Waals surface area contributed by atoms with Crippen molar-refractivity contribution in [3.63, 3.8) is 0 Å². The zero-order valence-corrected chi connectivity index (χ0v) is 10.2. The Hall–Kier alpha value is -0.590. The van der Waals surface area contributed by atoms with Crippen LogP contribution in [-0.2, 0) is 4.79 Å². The maximum absolute atomic E-state index is 10.5. The first kappa shape index (κ1) is 18.2. The molecule has 0 bridgehead atoms. The molecule has 1 heteroatoms. The summed E-state index contributed by atoms with van der Waals surface area (Å²) in [6.07, 6.45) is 2.69. The summed E-state index contributed by atoms with van der Waals surface area (Å²) < 4.78 is 0. The molecule has 13 heavy (non-hydrogen) atoms. The van der Waals surface area contributed by atoms with E-state index in [4.69, 9.17) is 0 Å². The first-order valence-corrected chi connectivity index (χ1v) is 5.51. The molecule has 0 unspecified atom stereocenters. The standard InChI is InChI=1S/C6H8O.3C2H6/c1-5-3-2-4-6(5)7;3*1-2/h1-4H2;3*1-2H3. The zero-order chi connectivity index (χ0) is 11.3. The van der Waals surface area contributed by atoms with Gasteiger partial charge in [0.15, 0.2) is 5.78 Å². The van der Waals surface area contributed by atoms with Crippen molar-refractivity contribution >= 4 is 5.78 Å². The molecule has 0 aliphatic heterocycles. The van der Waals surface area contributed by atoms with Gasteiger partial charge in [-0.15, -0.1) is 0 Å². The van der Waals surface area contributed by atoms with E-state index < -0.39 is 0 Å². The molecule has 1 saturated carbocycles. The number of carbonyl (C=O) groups is 1. The molecule has 1 fully saturated rings. The van der Waals surface area contributed by atoms with Crippen LogP contribution in [0.1, 0.15) is 60.8 Å². The predicted molar refractivity (Wildman–Crippen MR) is 62.0 cm³/mol. The van der Waals surface area contributed by atoms with Gasteiger partial charge in [-0.2, -0.15) is 0 Å². The van der Waals surface area contributed by atoms with Gasteiger partial charge in [-0.1, -0.05) is 48.1 Å². The van der Waals surface area contributed by atoms with Gasteiger partial charge in [-0.25, -0.2) is 0 Å². The minimum absolute atomic E-state index is 0.264. The highest BCUT2D eigenvalue weighted by molar-refractivity contribution is 5.96. The maximum Gasteiger partial charge on any atom is 0.158 e. The first-order chi connectivity index (χ1) is 6.30.